The van der Waals surface area contributed by atoms with Crippen LogP contribution in [-0.2, 0) is 0 Å². The van der Waals surface area contributed by atoms with Crippen molar-refractivity contribution in [3.63, 3.8) is 0 Å². The van der Waals surface area contributed by atoms with E-state index in [1.54, 1.807) is 6.07 Å². The summed E-state index contributed by atoms with van der Waals surface area (Å²) in [6, 6.07) is 4.51. The van der Waals surface area contributed by atoms with E-state index in [-0.39, 0.29) is 17.7 Å². The Morgan fingerprint density at radius 2 is 2.18 bits per heavy atom. The molecule has 0 aliphatic rings. The van der Waals surface area contributed by atoms with E-state index in [0.29, 0.717) is 17.3 Å². The van der Waals surface area contributed by atoms with Gasteiger partial charge < -0.3 is 10.4 Å². The van der Waals surface area contributed by atoms with Gasteiger partial charge >= 0.3 is 0 Å². The third-order valence-corrected chi connectivity index (χ3v) is 2.68. The minimum absolute atomic E-state index is 0.0156. The first-order valence-corrected chi connectivity index (χ1v) is 5.53. The quantitative estimate of drug-likeness (QED) is 0.629. The average Bonchev–Trinajstić information content (AvgIpc) is 2.27. The molecule has 0 unspecified atom stereocenters. The van der Waals surface area contributed by atoms with Gasteiger partial charge in [0.25, 0.3) is 5.69 Å². The predicted molar refractivity (Wildman–Crippen MR) is 67.5 cm³/mol. The minimum Gasteiger partial charge on any atom is -0.396 e. The molecule has 0 fully saturated rings. The molecule has 94 valence electrons. The summed E-state index contributed by atoms with van der Waals surface area (Å²) in [6.45, 7) is 4.08. The predicted octanol–water partition coefficient (Wildman–Crippen LogP) is 2.68. The number of nitro benzene ring substituents is 1. The number of para-hydroxylation sites is 1. The van der Waals surface area contributed by atoms with Crippen LogP contribution in [0.25, 0.3) is 0 Å². The van der Waals surface area contributed by atoms with E-state index in [0.717, 1.165) is 0 Å². The minimum atomic E-state index is -0.486. The van der Waals surface area contributed by atoms with E-state index < -0.39 is 4.92 Å². The smallest absolute Gasteiger partial charge is 0.293 e. The molecule has 0 saturated carbocycles. The number of hydrogen-bond acceptors (Lipinski definition) is 4. The highest BCUT2D eigenvalue weighted by atomic mass is 35.5. The van der Waals surface area contributed by atoms with Crippen molar-refractivity contribution in [2.24, 2.45) is 5.41 Å². The second-order valence-electron chi connectivity index (χ2n) is 4.57. The number of aliphatic hydroxyl groups is 1. The summed E-state index contributed by atoms with van der Waals surface area (Å²) in [4.78, 5) is 10.3. The van der Waals surface area contributed by atoms with Gasteiger partial charge in [-0.1, -0.05) is 31.5 Å². The lowest BCUT2D eigenvalue weighted by atomic mass is 9.95. The molecule has 0 saturated heterocycles. The van der Waals surface area contributed by atoms with Crippen LogP contribution in [0, 0.1) is 15.5 Å². The molecule has 1 aromatic rings. The summed E-state index contributed by atoms with van der Waals surface area (Å²) in [5.74, 6) is 0. The summed E-state index contributed by atoms with van der Waals surface area (Å²) in [5.41, 5.74) is -0.139. The Bertz CT molecular complexity index is 421. The van der Waals surface area contributed by atoms with Gasteiger partial charge in [-0.15, -0.1) is 0 Å². The summed E-state index contributed by atoms with van der Waals surface area (Å²) >= 11 is 5.92. The van der Waals surface area contributed by atoms with Crippen LogP contribution in [0.3, 0.4) is 0 Å². The maximum absolute atomic E-state index is 10.8. The van der Waals surface area contributed by atoms with Gasteiger partial charge in [0.1, 0.15) is 5.69 Å². The number of benzene rings is 1. The first-order valence-electron chi connectivity index (χ1n) is 5.15. The average molecular weight is 259 g/mol. The molecule has 0 aliphatic heterocycles. The van der Waals surface area contributed by atoms with Gasteiger partial charge in [-0.3, -0.25) is 10.1 Å². The zero-order valence-electron chi connectivity index (χ0n) is 9.74. The van der Waals surface area contributed by atoms with E-state index in [2.05, 4.69) is 5.32 Å². The molecule has 17 heavy (non-hydrogen) atoms. The summed E-state index contributed by atoms with van der Waals surface area (Å²) in [7, 11) is 0. The molecule has 0 heterocycles. The lowest BCUT2D eigenvalue weighted by Crippen LogP contribution is -2.27. The van der Waals surface area contributed by atoms with E-state index in [1.807, 2.05) is 13.8 Å². The second kappa shape index (κ2) is 5.33. The van der Waals surface area contributed by atoms with Gasteiger partial charge in [-0.2, -0.15) is 0 Å². The third-order valence-electron chi connectivity index (χ3n) is 2.36. The van der Waals surface area contributed by atoms with Gasteiger partial charge in [-0.05, 0) is 6.07 Å². The number of nitrogens with zero attached hydrogens (tertiary/aromatic N) is 1. The summed E-state index contributed by atoms with van der Waals surface area (Å²) < 4.78 is 0. The van der Waals surface area contributed by atoms with Crippen LogP contribution in [0.15, 0.2) is 18.2 Å². The first kappa shape index (κ1) is 13.7. The molecule has 6 heteroatoms. The summed E-state index contributed by atoms with van der Waals surface area (Å²) in [5, 5.41) is 23.2. The number of halogens is 1. The van der Waals surface area contributed by atoms with Crippen LogP contribution in [0.5, 0.6) is 0 Å². The Balaban J connectivity index is 2.94. The van der Waals surface area contributed by atoms with Gasteiger partial charge in [0.2, 0.25) is 0 Å². The van der Waals surface area contributed by atoms with E-state index in [1.165, 1.54) is 12.1 Å². The van der Waals surface area contributed by atoms with Gasteiger partial charge in [0, 0.05) is 24.6 Å². The molecule has 5 nitrogen and oxygen atoms in total. The largest absolute Gasteiger partial charge is 0.396 e. The Hall–Kier alpha value is -1.33. The number of aliphatic hydroxyl groups excluding tert-OH is 1. The van der Waals surface area contributed by atoms with Crippen molar-refractivity contribution in [2.75, 3.05) is 18.5 Å². The topological polar surface area (TPSA) is 75.4 Å². The first-order chi connectivity index (χ1) is 7.87. The molecule has 0 bridgehead atoms. The van der Waals surface area contributed by atoms with E-state index in [4.69, 9.17) is 16.7 Å². The van der Waals surface area contributed by atoms with E-state index >= 15 is 0 Å². The molecular formula is C11H15ClN2O3. The Morgan fingerprint density at radius 3 is 2.71 bits per heavy atom. The SMILES string of the molecule is CC(C)(CO)CNc1c(Cl)cccc1[N+](=O)[O-]. The zero-order chi connectivity index (χ0) is 13.1. The fourth-order valence-corrected chi connectivity index (χ4v) is 1.46. The Labute approximate surface area is 105 Å². The molecular weight excluding hydrogens is 244 g/mol. The van der Waals surface area contributed by atoms with Crippen LogP contribution < -0.4 is 5.32 Å². The third kappa shape index (κ3) is 3.57. The van der Waals surface area contributed by atoms with Crippen molar-refractivity contribution in [2.45, 2.75) is 13.8 Å². The Morgan fingerprint density at radius 1 is 1.53 bits per heavy atom. The van der Waals surface area contributed by atoms with Crippen molar-refractivity contribution >= 4 is 23.0 Å². The van der Waals surface area contributed by atoms with Crippen LogP contribution in [-0.4, -0.2) is 23.2 Å². The van der Waals surface area contributed by atoms with Crippen molar-refractivity contribution in [1.82, 2.24) is 0 Å². The lowest BCUT2D eigenvalue weighted by Gasteiger charge is -2.22. The molecule has 0 radical (unpaired) electrons. The fraction of sp³-hybridized carbons (Fsp3) is 0.455. The van der Waals surface area contributed by atoms with Gasteiger partial charge in [0.15, 0.2) is 0 Å². The van der Waals surface area contributed by atoms with E-state index in [9.17, 15) is 10.1 Å². The van der Waals surface area contributed by atoms with Crippen LogP contribution in [0.2, 0.25) is 5.02 Å². The maximum Gasteiger partial charge on any atom is 0.293 e. The zero-order valence-corrected chi connectivity index (χ0v) is 10.5. The van der Waals surface area contributed by atoms with Gasteiger partial charge in [-0.25, -0.2) is 0 Å². The van der Waals surface area contributed by atoms with Gasteiger partial charge in [0.05, 0.1) is 9.95 Å². The molecule has 1 rings (SSSR count). The maximum atomic E-state index is 10.8. The van der Waals surface area contributed by atoms with Crippen LogP contribution in [0.4, 0.5) is 11.4 Å². The highest BCUT2D eigenvalue weighted by Gasteiger charge is 2.21. The van der Waals surface area contributed by atoms with Crippen molar-refractivity contribution in [3.05, 3.63) is 33.3 Å². The monoisotopic (exact) mass is 258 g/mol. The lowest BCUT2D eigenvalue weighted by molar-refractivity contribution is -0.384. The van der Waals surface area contributed by atoms with Crippen molar-refractivity contribution in [1.29, 1.82) is 0 Å². The van der Waals surface area contributed by atoms with Crippen molar-refractivity contribution in [3.8, 4) is 0 Å². The number of nitro groups is 1. The molecule has 2 N–H and O–H groups in total. The number of anilines is 1. The number of hydrogen-bond donors (Lipinski definition) is 2. The normalized spacial score (nSPS) is 11.3. The number of nitrogens with one attached hydrogen (secondary N) is 1. The molecule has 0 aliphatic carbocycles. The molecule has 0 aromatic heterocycles. The fourth-order valence-electron chi connectivity index (χ4n) is 1.22. The molecule has 0 atom stereocenters. The molecule has 0 spiro atoms. The van der Waals surface area contributed by atoms with Crippen LogP contribution >= 0.6 is 11.6 Å². The van der Waals surface area contributed by atoms with Crippen LogP contribution in [0.1, 0.15) is 13.8 Å². The molecule has 1 aromatic carbocycles. The highest BCUT2D eigenvalue weighted by Crippen LogP contribution is 2.32. The standard InChI is InChI=1S/C11H15ClN2O3/c1-11(2,7-15)6-13-10-8(12)4-3-5-9(10)14(16)17/h3-5,13,15H,6-7H2,1-2H3. The molecule has 0 amide bonds. The Kier molecular flexibility index (Phi) is 4.31. The van der Waals surface area contributed by atoms with Crippen molar-refractivity contribution < 1.29 is 10.0 Å². The number of rotatable bonds is 5. The second-order valence-corrected chi connectivity index (χ2v) is 4.97. The summed E-state index contributed by atoms with van der Waals surface area (Å²) in [6.07, 6.45) is 0. The highest BCUT2D eigenvalue weighted by molar-refractivity contribution is 6.33.